The molecule has 90 valence electrons. The summed E-state index contributed by atoms with van der Waals surface area (Å²) in [5.41, 5.74) is 2.29. The zero-order valence-electron chi connectivity index (χ0n) is 10.5. The Kier molecular flexibility index (Phi) is 3.42. The fraction of sp³-hybridized carbons (Fsp3) is 0.385. The van der Waals surface area contributed by atoms with Crippen LogP contribution in [0.1, 0.15) is 25.1 Å². The van der Waals surface area contributed by atoms with Gasteiger partial charge in [-0.2, -0.15) is 0 Å². The molecule has 0 aliphatic heterocycles. The first-order valence-corrected chi connectivity index (χ1v) is 5.85. The number of aromatic nitrogens is 3. The highest BCUT2D eigenvalue weighted by Gasteiger charge is 2.06. The van der Waals surface area contributed by atoms with E-state index in [1.54, 1.807) is 0 Å². The molecule has 0 radical (unpaired) electrons. The number of nitrogens with zero attached hydrogens (tertiary/aromatic N) is 3. The maximum atomic E-state index is 4.40. The average molecular weight is 230 g/mol. The van der Waals surface area contributed by atoms with Gasteiger partial charge in [-0.05, 0) is 32.4 Å². The number of pyridine rings is 1. The Morgan fingerprint density at radius 3 is 2.82 bits per heavy atom. The van der Waals surface area contributed by atoms with Gasteiger partial charge >= 0.3 is 0 Å². The predicted molar refractivity (Wildman–Crippen MR) is 69.1 cm³/mol. The molecule has 4 nitrogen and oxygen atoms in total. The molecular weight excluding hydrogens is 212 g/mol. The van der Waals surface area contributed by atoms with Crippen molar-refractivity contribution >= 4 is 5.95 Å². The van der Waals surface area contributed by atoms with E-state index < -0.39 is 0 Å². The van der Waals surface area contributed by atoms with E-state index in [1.165, 1.54) is 5.56 Å². The summed E-state index contributed by atoms with van der Waals surface area (Å²) in [4.78, 5) is 8.70. The maximum absolute atomic E-state index is 4.40. The van der Waals surface area contributed by atoms with E-state index in [-0.39, 0.29) is 0 Å². The van der Waals surface area contributed by atoms with Crippen LogP contribution >= 0.6 is 0 Å². The van der Waals surface area contributed by atoms with Gasteiger partial charge in [0.15, 0.2) is 0 Å². The van der Waals surface area contributed by atoms with Crippen molar-refractivity contribution in [3.05, 3.63) is 42.0 Å². The minimum Gasteiger partial charge on any atom is -0.353 e. The van der Waals surface area contributed by atoms with Crippen LogP contribution in [0, 0.1) is 6.92 Å². The van der Waals surface area contributed by atoms with Crippen LogP contribution < -0.4 is 5.32 Å². The molecule has 2 heterocycles. The number of hydrogen-bond donors (Lipinski definition) is 1. The lowest BCUT2D eigenvalue weighted by Crippen LogP contribution is -2.15. The second-order valence-electron chi connectivity index (χ2n) is 4.44. The minimum absolute atomic E-state index is 0.376. The summed E-state index contributed by atoms with van der Waals surface area (Å²) in [5, 5.41) is 3.32. The smallest absolute Gasteiger partial charge is 0.203 e. The van der Waals surface area contributed by atoms with Gasteiger partial charge in [0.2, 0.25) is 5.95 Å². The summed E-state index contributed by atoms with van der Waals surface area (Å²) in [6.45, 7) is 7.03. The zero-order valence-corrected chi connectivity index (χ0v) is 10.5. The number of nitrogens with one attached hydrogen (secondary N) is 1. The molecule has 0 amide bonds. The Balaban J connectivity index is 2.19. The molecule has 17 heavy (non-hydrogen) atoms. The average Bonchev–Trinajstić information content (AvgIpc) is 2.68. The molecule has 1 N–H and O–H groups in total. The lowest BCUT2D eigenvalue weighted by molar-refractivity contribution is 0.752. The molecule has 2 aromatic rings. The highest BCUT2D eigenvalue weighted by molar-refractivity contribution is 5.29. The highest BCUT2D eigenvalue weighted by Crippen LogP contribution is 2.11. The molecule has 0 unspecified atom stereocenters. The van der Waals surface area contributed by atoms with E-state index in [9.17, 15) is 0 Å². The SMILES string of the molecule is Cc1cccnc1Cn1ccnc1NC(C)C. The summed E-state index contributed by atoms with van der Waals surface area (Å²) >= 11 is 0. The third-order valence-corrected chi connectivity index (χ3v) is 2.57. The normalized spacial score (nSPS) is 10.8. The summed E-state index contributed by atoms with van der Waals surface area (Å²) in [6.07, 6.45) is 5.61. The van der Waals surface area contributed by atoms with Gasteiger partial charge < -0.3 is 9.88 Å². The van der Waals surface area contributed by atoms with E-state index >= 15 is 0 Å². The van der Waals surface area contributed by atoms with E-state index in [4.69, 9.17) is 0 Å². The Morgan fingerprint density at radius 2 is 2.12 bits per heavy atom. The number of aryl methyl sites for hydroxylation is 1. The molecule has 0 aliphatic rings. The molecule has 2 rings (SSSR count). The fourth-order valence-corrected chi connectivity index (χ4v) is 1.68. The quantitative estimate of drug-likeness (QED) is 0.877. The topological polar surface area (TPSA) is 42.7 Å². The van der Waals surface area contributed by atoms with Gasteiger partial charge in [-0.15, -0.1) is 0 Å². The molecule has 0 atom stereocenters. The Bertz CT molecular complexity index is 488. The molecular formula is C13H18N4. The lowest BCUT2D eigenvalue weighted by Gasteiger charge is -2.12. The standard InChI is InChI=1S/C13H18N4/c1-10(2)16-13-15-7-8-17(13)9-12-11(3)5-4-6-14-12/h4-8,10H,9H2,1-3H3,(H,15,16). The van der Waals surface area contributed by atoms with Crippen molar-refractivity contribution in [1.82, 2.24) is 14.5 Å². The van der Waals surface area contributed by atoms with Crippen molar-refractivity contribution in [3.8, 4) is 0 Å². The molecule has 0 aromatic carbocycles. The van der Waals surface area contributed by atoms with Crippen molar-refractivity contribution in [2.45, 2.75) is 33.4 Å². The van der Waals surface area contributed by atoms with Gasteiger partial charge in [0.05, 0.1) is 12.2 Å². The van der Waals surface area contributed by atoms with Crippen LogP contribution in [-0.2, 0) is 6.54 Å². The molecule has 0 bridgehead atoms. The number of anilines is 1. The minimum atomic E-state index is 0.376. The molecule has 0 fully saturated rings. The number of hydrogen-bond acceptors (Lipinski definition) is 3. The van der Waals surface area contributed by atoms with Crippen molar-refractivity contribution in [1.29, 1.82) is 0 Å². The molecule has 0 saturated heterocycles. The lowest BCUT2D eigenvalue weighted by atomic mass is 10.2. The maximum Gasteiger partial charge on any atom is 0.203 e. The van der Waals surface area contributed by atoms with Crippen LogP contribution in [0.5, 0.6) is 0 Å². The predicted octanol–water partition coefficient (Wildman–Crippen LogP) is 2.46. The van der Waals surface area contributed by atoms with Gasteiger partial charge in [0, 0.05) is 24.6 Å². The van der Waals surface area contributed by atoms with E-state index in [0.29, 0.717) is 6.04 Å². The van der Waals surface area contributed by atoms with E-state index in [1.807, 2.05) is 24.7 Å². The van der Waals surface area contributed by atoms with Gasteiger partial charge in [0.25, 0.3) is 0 Å². The largest absolute Gasteiger partial charge is 0.353 e. The molecule has 0 spiro atoms. The van der Waals surface area contributed by atoms with Gasteiger partial charge in [0.1, 0.15) is 0 Å². The Morgan fingerprint density at radius 1 is 1.29 bits per heavy atom. The van der Waals surface area contributed by atoms with E-state index in [2.05, 4.69) is 46.7 Å². The van der Waals surface area contributed by atoms with E-state index in [0.717, 1.165) is 18.2 Å². The summed E-state index contributed by atoms with van der Waals surface area (Å²) in [6, 6.07) is 4.41. The summed E-state index contributed by atoms with van der Waals surface area (Å²) in [5.74, 6) is 0.894. The molecule has 0 aliphatic carbocycles. The van der Waals surface area contributed by atoms with Gasteiger partial charge in [-0.25, -0.2) is 4.98 Å². The van der Waals surface area contributed by atoms with Gasteiger partial charge in [-0.1, -0.05) is 6.07 Å². The van der Waals surface area contributed by atoms with Crippen LogP contribution in [-0.4, -0.2) is 20.6 Å². The zero-order chi connectivity index (χ0) is 12.3. The number of imidazole rings is 1. The van der Waals surface area contributed by atoms with Crippen LogP contribution in [0.3, 0.4) is 0 Å². The Labute approximate surface area is 102 Å². The first-order chi connectivity index (χ1) is 8.16. The summed E-state index contributed by atoms with van der Waals surface area (Å²) in [7, 11) is 0. The van der Waals surface area contributed by atoms with Crippen molar-refractivity contribution in [2.24, 2.45) is 0 Å². The van der Waals surface area contributed by atoms with Crippen molar-refractivity contribution in [2.75, 3.05) is 5.32 Å². The van der Waals surface area contributed by atoms with Crippen molar-refractivity contribution < 1.29 is 0 Å². The summed E-state index contributed by atoms with van der Waals surface area (Å²) < 4.78 is 2.08. The van der Waals surface area contributed by atoms with Crippen LogP contribution in [0.25, 0.3) is 0 Å². The molecule has 4 heteroatoms. The van der Waals surface area contributed by atoms with Crippen LogP contribution in [0.4, 0.5) is 5.95 Å². The van der Waals surface area contributed by atoms with Crippen LogP contribution in [0.2, 0.25) is 0 Å². The Hall–Kier alpha value is -1.84. The fourth-order valence-electron chi connectivity index (χ4n) is 1.68. The number of rotatable bonds is 4. The van der Waals surface area contributed by atoms with Gasteiger partial charge in [-0.3, -0.25) is 4.98 Å². The van der Waals surface area contributed by atoms with Crippen LogP contribution in [0.15, 0.2) is 30.7 Å². The first-order valence-electron chi connectivity index (χ1n) is 5.85. The highest BCUT2D eigenvalue weighted by atomic mass is 15.2. The third kappa shape index (κ3) is 2.84. The second-order valence-corrected chi connectivity index (χ2v) is 4.44. The monoisotopic (exact) mass is 230 g/mol. The molecule has 2 aromatic heterocycles. The third-order valence-electron chi connectivity index (χ3n) is 2.57. The molecule has 0 saturated carbocycles. The van der Waals surface area contributed by atoms with Crippen molar-refractivity contribution in [3.63, 3.8) is 0 Å². The first kappa shape index (κ1) is 11.6. The second kappa shape index (κ2) is 4.99.